The SMILES string of the molecule is CN(C)C(=O)C(C)(C)Nc1ccc2c(C(F)(F)F)cc(=O)[nH]c2c1. The number of aromatic nitrogens is 1. The molecule has 1 aromatic carbocycles. The number of carbonyl (C=O) groups excluding carboxylic acids is 1. The minimum Gasteiger partial charge on any atom is -0.372 e. The van der Waals surface area contributed by atoms with Gasteiger partial charge in [-0.2, -0.15) is 13.2 Å². The molecule has 0 fully saturated rings. The van der Waals surface area contributed by atoms with Crippen LogP contribution in [0.15, 0.2) is 29.1 Å². The number of halogens is 3. The van der Waals surface area contributed by atoms with Gasteiger partial charge >= 0.3 is 6.18 Å². The maximum absolute atomic E-state index is 13.0. The molecule has 24 heavy (non-hydrogen) atoms. The number of aromatic amines is 1. The number of nitrogens with one attached hydrogen (secondary N) is 2. The molecule has 5 nitrogen and oxygen atoms in total. The Labute approximate surface area is 136 Å². The lowest BCUT2D eigenvalue weighted by molar-refractivity contribution is -0.136. The zero-order chi connectivity index (χ0) is 18.3. The lowest BCUT2D eigenvalue weighted by Crippen LogP contribution is -2.47. The molecule has 2 aromatic rings. The molecule has 0 unspecified atom stereocenters. The monoisotopic (exact) mass is 341 g/mol. The Bertz CT molecular complexity index is 839. The second-order valence-corrected chi connectivity index (χ2v) is 6.25. The average molecular weight is 341 g/mol. The summed E-state index contributed by atoms with van der Waals surface area (Å²) in [5.74, 6) is -0.194. The number of anilines is 1. The van der Waals surface area contributed by atoms with Gasteiger partial charge in [-0.3, -0.25) is 9.59 Å². The van der Waals surface area contributed by atoms with Gasteiger partial charge in [0.25, 0.3) is 0 Å². The van der Waals surface area contributed by atoms with Crippen LogP contribution in [-0.2, 0) is 11.0 Å². The Kier molecular flexibility index (Phi) is 4.34. The summed E-state index contributed by atoms with van der Waals surface area (Å²) < 4.78 is 39.1. The van der Waals surface area contributed by atoms with E-state index in [1.54, 1.807) is 27.9 Å². The minimum atomic E-state index is -4.62. The number of amides is 1. The summed E-state index contributed by atoms with van der Waals surface area (Å²) in [5, 5.41) is 2.87. The Morgan fingerprint density at radius 1 is 1.17 bits per heavy atom. The van der Waals surface area contributed by atoms with E-state index in [9.17, 15) is 22.8 Å². The van der Waals surface area contributed by atoms with Gasteiger partial charge in [0.05, 0.1) is 11.1 Å². The summed E-state index contributed by atoms with van der Waals surface area (Å²) in [6.45, 7) is 3.32. The fraction of sp³-hybridized carbons (Fsp3) is 0.375. The summed E-state index contributed by atoms with van der Waals surface area (Å²) in [6.07, 6.45) is -4.62. The predicted molar refractivity (Wildman–Crippen MR) is 86.0 cm³/mol. The highest BCUT2D eigenvalue weighted by Gasteiger charge is 2.33. The van der Waals surface area contributed by atoms with Crippen molar-refractivity contribution in [2.45, 2.75) is 25.6 Å². The van der Waals surface area contributed by atoms with Crippen LogP contribution in [0.2, 0.25) is 0 Å². The van der Waals surface area contributed by atoms with Gasteiger partial charge in [-0.05, 0) is 26.0 Å². The van der Waals surface area contributed by atoms with Gasteiger partial charge in [-0.1, -0.05) is 6.07 Å². The van der Waals surface area contributed by atoms with Crippen molar-refractivity contribution in [1.29, 1.82) is 0 Å². The van der Waals surface area contributed by atoms with E-state index in [0.29, 0.717) is 11.8 Å². The van der Waals surface area contributed by atoms with Gasteiger partial charge in [0.1, 0.15) is 5.54 Å². The lowest BCUT2D eigenvalue weighted by atomic mass is 10.0. The Morgan fingerprint density at radius 2 is 1.79 bits per heavy atom. The maximum atomic E-state index is 13.0. The van der Waals surface area contributed by atoms with Crippen LogP contribution in [0, 0.1) is 0 Å². The first kappa shape index (κ1) is 17.8. The third-order valence-corrected chi connectivity index (χ3v) is 3.55. The number of pyridine rings is 1. The van der Waals surface area contributed by atoms with Crippen LogP contribution in [0.3, 0.4) is 0 Å². The van der Waals surface area contributed by atoms with E-state index in [1.807, 2.05) is 0 Å². The van der Waals surface area contributed by atoms with E-state index in [4.69, 9.17) is 0 Å². The molecule has 0 radical (unpaired) electrons. The van der Waals surface area contributed by atoms with Crippen LogP contribution in [-0.4, -0.2) is 35.4 Å². The minimum absolute atomic E-state index is 0.0490. The second kappa shape index (κ2) is 5.85. The highest BCUT2D eigenvalue weighted by molar-refractivity contribution is 5.90. The summed E-state index contributed by atoms with van der Waals surface area (Å²) in [5.41, 5.74) is -2.31. The van der Waals surface area contributed by atoms with Gasteiger partial charge in [0, 0.05) is 31.2 Å². The highest BCUT2D eigenvalue weighted by atomic mass is 19.4. The number of H-pyrrole nitrogens is 1. The first-order valence-electron chi connectivity index (χ1n) is 7.16. The number of benzene rings is 1. The van der Waals surface area contributed by atoms with Crippen LogP contribution in [0.25, 0.3) is 10.9 Å². The molecular weight excluding hydrogens is 323 g/mol. The van der Waals surface area contributed by atoms with Crippen molar-refractivity contribution in [3.8, 4) is 0 Å². The Hall–Kier alpha value is -2.51. The zero-order valence-electron chi connectivity index (χ0n) is 13.7. The zero-order valence-corrected chi connectivity index (χ0v) is 13.7. The van der Waals surface area contributed by atoms with Gasteiger partial charge in [0.15, 0.2) is 0 Å². The molecule has 0 aliphatic carbocycles. The largest absolute Gasteiger partial charge is 0.417 e. The number of fused-ring (bicyclic) bond motifs is 1. The van der Waals surface area contributed by atoms with E-state index in [1.165, 1.54) is 23.1 Å². The predicted octanol–water partition coefficient (Wildman–Crippen LogP) is 2.83. The van der Waals surface area contributed by atoms with Crippen molar-refractivity contribution in [2.24, 2.45) is 0 Å². The molecule has 1 amide bonds. The molecule has 1 aromatic heterocycles. The summed E-state index contributed by atoms with van der Waals surface area (Å²) >= 11 is 0. The molecule has 0 spiro atoms. The fourth-order valence-electron chi connectivity index (χ4n) is 2.55. The van der Waals surface area contributed by atoms with Crippen LogP contribution in [0.5, 0.6) is 0 Å². The molecule has 130 valence electrons. The van der Waals surface area contributed by atoms with E-state index in [0.717, 1.165) is 0 Å². The van der Waals surface area contributed by atoms with Crippen molar-refractivity contribution in [3.63, 3.8) is 0 Å². The number of rotatable bonds is 3. The van der Waals surface area contributed by atoms with Gasteiger partial charge in [-0.25, -0.2) is 0 Å². The normalized spacial score (nSPS) is 12.3. The Morgan fingerprint density at radius 3 is 2.33 bits per heavy atom. The molecule has 8 heteroatoms. The van der Waals surface area contributed by atoms with E-state index in [-0.39, 0.29) is 16.8 Å². The lowest BCUT2D eigenvalue weighted by Gasteiger charge is -2.29. The molecular formula is C16H18F3N3O2. The standard InChI is InChI=1S/C16H18F3N3O2/c1-15(2,14(24)22(3)4)21-9-5-6-10-11(16(17,18)19)8-13(23)20-12(10)7-9/h5-8,21H,1-4H3,(H,20,23). The van der Waals surface area contributed by atoms with Crippen LogP contribution < -0.4 is 10.9 Å². The number of hydrogen-bond donors (Lipinski definition) is 2. The van der Waals surface area contributed by atoms with Crippen molar-refractivity contribution in [3.05, 3.63) is 40.2 Å². The van der Waals surface area contributed by atoms with E-state index >= 15 is 0 Å². The van der Waals surface area contributed by atoms with Crippen molar-refractivity contribution in [1.82, 2.24) is 9.88 Å². The summed E-state index contributed by atoms with van der Waals surface area (Å²) in [4.78, 5) is 27.4. The smallest absolute Gasteiger partial charge is 0.372 e. The van der Waals surface area contributed by atoms with Crippen LogP contribution >= 0.6 is 0 Å². The van der Waals surface area contributed by atoms with Crippen molar-refractivity contribution < 1.29 is 18.0 Å². The number of likely N-dealkylation sites (N-methyl/N-ethyl adjacent to an activating group) is 1. The third-order valence-electron chi connectivity index (χ3n) is 3.55. The van der Waals surface area contributed by atoms with Crippen LogP contribution in [0.4, 0.5) is 18.9 Å². The number of hydrogen-bond acceptors (Lipinski definition) is 3. The number of carbonyl (C=O) groups is 1. The topological polar surface area (TPSA) is 65.2 Å². The molecule has 0 aliphatic rings. The number of alkyl halides is 3. The van der Waals surface area contributed by atoms with Gasteiger partial charge in [-0.15, -0.1) is 0 Å². The number of nitrogens with zero attached hydrogens (tertiary/aromatic N) is 1. The molecule has 2 rings (SSSR count). The maximum Gasteiger partial charge on any atom is 0.417 e. The molecule has 2 N–H and O–H groups in total. The third kappa shape index (κ3) is 3.52. The Balaban J connectivity index is 2.50. The van der Waals surface area contributed by atoms with E-state index < -0.39 is 22.8 Å². The van der Waals surface area contributed by atoms with Crippen molar-refractivity contribution >= 4 is 22.5 Å². The summed E-state index contributed by atoms with van der Waals surface area (Å²) in [6, 6.07) is 4.64. The summed E-state index contributed by atoms with van der Waals surface area (Å²) in [7, 11) is 3.22. The fourth-order valence-corrected chi connectivity index (χ4v) is 2.55. The van der Waals surface area contributed by atoms with Crippen molar-refractivity contribution in [2.75, 3.05) is 19.4 Å². The first-order valence-corrected chi connectivity index (χ1v) is 7.16. The second-order valence-electron chi connectivity index (χ2n) is 6.25. The molecule has 0 bridgehead atoms. The van der Waals surface area contributed by atoms with Crippen LogP contribution in [0.1, 0.15) is 19.4 Å². The molecule has 1 heterocycles. The van der Waals surface area contributed by atoms with Gasteiger partial charge < -0.3 is 15.2 Å². The first-order chi connectivity index (χ1) is 10.9. The molecule has 0 atom stereocenters. The average Bonchev–Trinajstić information content (AvgIpc) is 2.43. The molecule has 0 aliphatic heterocycles. The molecule has 0 saturated carbocycles. The molecule has 0 saturated heterocycles. The quantitative estimate of drug-likeness (QED) is 0.902. The van der Waals surface area contributed by atoms with Gasteiger partial charge in [0.2, 0.25) is 11.5 Å². The van der Waals surface area contributed by atoms with E-state index in [2.05, 4.69) is 10.3 Å². The highest BCUT2D eigenvalue weighted by Crippen LogP contribution is 2.34.